The van der Waals surface area contributed by atoms with Gasteiger partial charge in [-0.15, -0.1) is 0 Å². The fourth-order valence-electron chi connectivity index (χ4n) is 5.04. The molecule has 2 N–H and O–H groups in total. The third-order valence-corrected chi connectivity index (χ3v) is 7.04. The van der Waals surface area contributed by atoms with Crippen LogP contribution in [0.5, 0.6) is 0 Å². The number of carboxylic acids is 1. The Hall–Kier alpha value is -5.43. The Kier molecular flexibility index (Phi) is 6.46. The van der Waals surface area contributed by atoms with E-state index in [4.69, 9.17) is 4.42 Å². The van der Waals surface area contributed by atoms with Crippen LogP contribution in [-0.4, -0.2) is 22.0 Å². The van der Waals surface area contributed by atoms with E-state index in [1.54, 1.807) is 12.1 Å². The molecule has 0 bridgehead atoms. The molecule has 7 nitrogen and oxygen atoms in total. The highest BCUT2D eigenvalue weighted by Crippen LogP contribution is 2.37. The zero-order valence-corrected chi connectivity index (χ0v) is 21.3. The molecule has 1 unspecified atom stereocenters. The predicted molar refractivity (Wildman–Crippen MR) is 156 cm³/mol. The first-order valence-electron chi connectivity index (χ1n) is 12.8. The van der Waals surface area contributed by atoms with Gasteiger partial charge in [-0.25, -0.2) is 4.79 Å². The number of nitrogens with zero attached hydrogens (tertiary/aromatic N) is 1. The molecule has 0 radical (unpaired) electrons. The first kappa shape index (κ1) is 24.9. The van der Waals surface area contributed by atoms with Gasteiger partial charge in [-0.2, -0.15) is 0 Å². The maximum absolute atomic E-state index is 12.0. The minimum absolute atomic E-state index is 0.158. The van der Waals surface area contributed by atoms with Gasteiger partial charge in [-0.1, -0.05) is 97.1 Å². The zero-order valence-electron chi connectivity index (χ0n) is 21.3. The van der Waals surface area contributed by atoms with E-state index in [0.29, 0.717) is 5.56 Å². The molecule has 0 saturated heterocycles. The number of hydrogen-bond acceptors (Lipinski definition) is 5. The number of fused-ring (bicyclic) bond motifs is 3. The van der Waals surface area contributed by atoms with Gasteiger partial charge >= 0.3 is 5.97 Å². The van der Waals surface area contributed by atoms with Crippen LogP contribution in [0, 0.1) is 10.1 Å². The van der Waals surface area contributed by atoms with Crippen molar-refractivity contribution in [2.24, 2.45) is 0 Å². The number of rotatable bonds is 8. The normalized spacial score (nSPS) is 11.9. The fraction of sp³-hybridized carbons (Fsp3) is 0.0606. The summed E-state index contributed by atoms with van der Waals surface area (Å²) in [5.41, 5.74) is 5.81. The van der Waals surface area contributed by atoms with Crippen molar-refractivity contribution in [3.63, 3.8) is 0 Å². The van der Waals surface area contributed by atoms with Crippen molar-refractivity contribution in [1.82, 2.24) is 0 Å². The van der Waals surface area contributed by atoms with Gasteiger partial charge in [-0.05, 0) is 34.4 Å². The molecule has 6 rings (SSSR count). The van der Waals surface area contributed by atoms with E-state index >= 15 is 0 Å². The molecular formula is C33H24N2O5. The number of hydrogen-bond donors (Lipinski definition) is 2. The van der Waals surface area contributed by atoms with Crippen molar-refractivity contribution in [2.75, 3.05) is 5.32 Å². The molecule has 0 fully saturated rings. The van der Waals surface area contributed by atoms with Crippen LogP contribution in [0.15, 0.2) is 120 Å². The maximum Gasteiger partial charge on any atom is 0.326 e. The summed E-state index contributed by atoms with van der Waals surface area (Å²) in [6, 6.07) is 34.7. The van der Waals surface area contributed by atoms with Crippen molar-refractivity contribution in [3.8, 4) is 22.3 Å². The van der Waals surface area contributed by atoms with E-state index in [2.05, 4.69) is 5.32 Å². The van der Waals surface area contributed by atoms with Gasteiger partial charge in [-0.3, -0.25) is 10.1 Å². The molecule has 40 heavy (non-hydrogen) atoms. The predicted octanol–water partition coefficient (Wildman–Crippen LogP) is 7.94. The van der Waals surface area contributed by atoms with E-state index in [1.807, 2.05) is 97.1 Å². The number of nitro groups is 1. The molecule has 1 atom stereocenters. The van der Waals surface area contributed by atoms with Gasteiger partial charge in [0.2, 0.25) is 0 Å². The van der Waals surface area contributed by atoms with Crippen molar-refractivity contribution >= 4 is 39.3 Å². The van der Waals surface area contributed by atoms with Crippen LogP contribution in [0.2, 0.25) is 0 Å². The Morgan fingerprint density at radius 3 is 2.23 bits per heavy atom. The quantitative estimate of drug-likeness (QED) is 0.153. The SMILES string of the molecule is O=C(O)C(Cc1ccccc1)Nc1ccc(-c2ccc(-c3cccc4c3oc3ccccc34)cc2)cc1[N+](=O)[O-]. The summed E-state index contributed by atoms with van der Waals surface area (Å²) in [6.45, 7) is 0. The van der Waals surface area contributed by atoms with Gasteiger partial charge in [0.25, 0.3) is 5.69 Å². The molecule has 0 aliphatic heterocycles. The average molecular weight is 529 g/mol. The number of nitro benzene ring substituents is 1. The van der Waals surface area contributed by atoms with Crippen molar-refractivity contribution in [1.29, 1.82) is 0 Å². The van der Waals surface area contributed by atoms with Crippen LogP contribution in [0.25, 0.3) is 44.2 Å². The van der Waals surface area contributed by atoms with Crippen LogP contribution in [0.1, 0.15) is 5.56 Å². The smallest absolute Gasteiger partial charge is 0.326 e. The molecule has 5 aromatic carbocycles. The average Bonchev–Trinajstić information content (AvgIpc) is 3.36. The highest BCUT2D eigenvalue weighted by molar-refractivity contribution is 6.09. The lowest BCUT2D eigenvalue weighted by molar-refractivity contribution is -0.383. The second-order valence-electron chi connectivity index (χ2n) is 9.57. The number of para-hydroxylation sites is 2. The van der Waals surface area contributed by atoms with Crippen molar-refractivity contribution < 1.29 is 19.2 Å². The topological polar surface area (TPSA) is 106 Å². The van der Waals surface area contributed by atoms with Crippen LogP contribution in [0.3, 0.4) is 0 Å². The summed E-state index contributed by atoms with van der Waals surface area (Å²) < 4.78 is 6.17. The van der Waals surface area contributed by atoms with Crippen molar-refractivity contribution in [2.45, 2.75) is 12.5 Å². The second-order valence-corrected chi connectivity index (χ2v) is 9.57. The van der Waals surface area contributed by atoms with Gasteiger partial charge < -0.3 is 14.8 Å². The van der Waals surface area contributed by atoms with Crippen molar-refractivity contribution in [3.05, 3.63) is 131 Å². The molecule has 0 aliphatic rings. The number of benzene rings is 5. The van der Waals surface area contributed by atoms with Gasteiger partial charge in [0, 0.05) is 28.8 Å². The monoisotopic (exact) mass is 528 g/mol. The molecular weight excluding hydrogens is 504 g/mol. The first-order valence-corrected chi connectivity index (χ1v) is 12.8. The summed E-state index contributed by atoms with van der Waals surface area (Å²) in [5.74, 6) is -1.09. The molecule has 0 saturated carbocycles. The summed E-state index contributed by atoms with van der Waals surface area (Å²) in [6.07, 6.45) is 0.189. The number of aliphatic carboxylic acids is 1. The number of carboxylic acid groups (broad SMARTS) is 1. The lowest BCUT2D eigenvalue weighted by Gasteiger charge is -2.16. The molecule has 1 heterocycles. The van der Waals surface area contributed by atoms with E-state index in [1.165, 1.54) is 6.07 Å². The molecule has 6 aromatic rings. The Morgan fingerprint density at radius 2 is 1.48 bits per heavy atom. The van der Waals surface area contributed by atoms with E-state index in [9.17, 15) is 20.0 Å². The maximum atomic E-state index is 12.0. The summed E-state index contributed by atoms with van der Waals surface area (Å²) in [7, 11) is 0. The standard InChI is InChI=1S/C33H24N2O5/c36-33(37)29(19-21-7-2-1-3-8-21)34-28-18-17-24(20-30(28)35(38)39)22-13-15-23(16-14-22)25-10-6-11-27-26-9-4-5-12-31(26)40-32(25)27/h1-18,20,29,34H,19H2,(H,36,37). The third-order valence-electron chi connectivity index (χ3n) is 7.04. The minimum Gasteiger partial charge on any atom is -0.480 e. The number of carbonyl (C=O) groups is 1. The van der Waals surface area contributed by atoms with Gasteiger partial charge in [0.05, 0.1) is 4.92 Å². The Morgan fingerprint density at radius 1 is 0.800 bits per heavy atom. The Balaban J connectivity index is 1.30. The summed E-state index contributed by atoms with van der Waals surface area (Å²) in [5, 5.41) is 26.7. The largest absolute Gasteiger partial charge is 0.480 e. The van der Waals surface area contributed by atoms with Gasteiger partial charge in [0.1, 0.15) is 22.9 Å². The highest BCUT2D eigenvalue weighted by Gasteiger charge is 2.23. The lowest BCUT2D eigenvalue weighted by Crippen LogP contribution is -2.31. The number of nitrogens with one attached hydrogen (secondary N) is 1. The third kappa shape index (κ3) is 4.76. The first-order chi connectivity index (χ1) is 19.5. The molecule has 1 aromatic heterocycles. The molecule has 196 valence electrons. The second kappa shape index (κ2) is 10.4. The minimum atomic E-state index is -1.09. The molecule has 7 heteroatoms. The van der Waals surface area contributed by atoms with E-state index in [-0.39, 0.29) is 17.8 Å². The zero-order chi connectivity index (χ0) is 27.6. The summed E-state index contributed by atoms with van der Waals surface area (Å²) >= 11 is 0. The molecule has 0 spiro atoms. The van der Waals surface area contributed by atoms with E-state index < -0.39 is 16.9 Å². The molecule has 0 amide bonds. The number of furan rings is 1. The van der Waals surface area contributed by atoms with Crippen LogP contribution in [-0.2, 0) is 11.2 Å². The van der Waals surface area contributed by atoms with Crippen LogP contribution < -0.4 is 5.32 Å². The Labute approximate surface area is 229 Å². The van der Waals surface area contributed by atoms with Crippen LogP contribution >= 0.6 is 0 Å². The lowest BCUT2D eigenvalue weighted by atomic mass is 9.98. The van der Waals surface area contributed by atoms with Gasteiger partial charge in [0.15, 0.2) is 0 Å². The fourth-order valence-corrected chi connectivity index (χ4v) is 5.04. The number of anilines is 1. The highest BCUT2D eigenvalue weighted by atomic mass is 16.6. The molecule has 0 aliphatic carbocycles. The summed E-state index contributed by atoms with van der Waals surface area (Å²) in [4.78, 5) is 23.4. The van der Waals surface area contributed by atoms with Crippen LogP contribution in [0.4, 0.5) is 11.4 Å². The van der Waals surface area contributed by atoms with E-state index in [0.717, 1.165) is 44.2 Å². The Bertz CT molecular complexity index is 1860.